The number of unbranched alkanes of at least 4 members (excludes halogenated alkanes) is 2. The summed E-state index contributed by atoms with van der Waals surface area (Å²) in [5.41, 5.74) is -0.309. The Kier molecular flexibility index (Phi) is 13.9. The van der Waals surface area contributed by atoms with Crippen molar-refractivity contribution in [2.24, 2.45) is 0 Å². The Morgan fingerprint density at radius 1 is 0.814 bits per heavy atom. The zero-order valence-electron chi connectivity index (χ0n) is 23.7. The second kappa shape index (κ2) is 16.4. The van der Waals surface area contributed by atoms with Crippen LogP contribution in [0.15, 0.2) is 36.4 Å². The van der Waals surface area contributed by atoms with E-state index in [1.54, 1.807) is 18.2 Å². The van der Waals surface area contributed by atoms with Crippen LogP contribution in [-0.2, 0) is 15.8 Å². The number of alkyl halides is 3. The Balaban J connectivity index is 0.000000553. The molecule has 0 radical (unpaired) electrons. The van der Waals surface area contributed by atoms with E-state index in [0.717, 1.165) is 56.8 Å². The molecule has 0 saturated carbocycles. The highest BCUT2D eigenvalue weighted by atomic mass is 35.5. The molecule has 8 nitrogen and oxygen atoms in total. The van der Waals surface area contributed by atoms with Crippen molar-refractivity contribution < 1.29 is 48.3 Å². The number of aliphatic hydroxyl groups excluding tert-OH is 3. The van der Waals surface area contributed by atoms with Crippen LogP contribution >= 0.6 is 23.2 Å². The molecule has 0 fully saturated rings. The zero-order chi connectivity index (χ0) is 32.5. The van der Waals surface area contributed by atoms with Crippen molar-refractivity contribution in [2.75, 3.05) is 19.6 Å². The number of hydrogen-bond donors (Lipinski definition) is 5. The van der Waals surface area contributed by atoms with Gasteiger partial charge in [0.1, 0.15) is 0 Å². The van der Waals surface area contributed by atoms with Crippen LogP contribution in [0.2, 0.25) is 10.0 Å². The van der Waals surface area contributed by atoms with E-state index in [4.69, 9.17) is 43.6 Å². The molecular weight excluding hydrogens is 614 g/mol. The van der Waals surface area contributed by atoms with Gasteiger partial charge in [-0.1, -0.05) is 56.0 Å². The third-order valence-corrected chi connectivity index (χ3v) is 7.43. The first-order chi connectivity index (χ1) is 20.1. The van der Waals surface area contributed by atoms with E-state index in [0.29, 0.717) is 33.2 Å². The van der Waals surface area contributed by atoms with E-state index in [1.807, 2.05) is 6.07 Å². The molecule has 0 aliphatic heterocycles. The molecule has 0 amide bonds. The van der Waals surface area contributed by atoms with Crippen LogP contribution in [0, 0.1) is 0 Å². The molecule has 0 aromatic heterocycles. The SMILES string of the molecule is CCCCN(CCCC)CCC(O)c1cc2ccc(Cl)cc2c2cc(C(F)(F)F)c(Cl)cc12.O=C(O)C(O)C(O)C(=O)O. The fourth-order valence-electron chi connectivity index (χ4n) is 4.49. The first-order valence-corrected chi connectivity index (χ1v) is 14.5. The largest absolute Gasteiger partial charge is 0.479 e. The van der Waals surface area contributed by atoms with Gasteiger partial charge in [0.2, 0.25) is 0 Å². The minimum absolute atomic E-state index is 0.377. The number of aliphatic carboxylic acids is 2. The first kappa shape index (κ1) is 36.5. The summed E-state index contributed by atoms with van der Waals surface area (Å²) >= 11 is 12.2. The molecule has 3 atom stereocenters. The molecule has 238 valence electrons. The molecule has 0 heterocycles. The van der Waals surface area contributed by atoms with Gasteiger partial charge >= 0.3 is 18.1 Å². The van der Waals surface area contributed by atoms with Crippen LogP contribution < -0.4 is 0 Å². The lowest BCUT2D eigenvalue weighted by Crippen LogP contribution is -2.39. The number of carboxylic acids is 2. The Labute approximate surface area is 257 Å². The van der Waals surface area contributed by atoms with Crippen LogP contribution in [0.3, 0.4) is 0 Å². The monoisotopic (exact) mass is 649 g/mol. The maximum atomic E-state index is 13.6. The van der Waals surface area contributed by atoms with E-state index < -0.39 is 42.0 Å². The fourth-order valence-corrected chi connectivity index (χ4v) is 4.93. The second-order valence-electron chi connectivity index (χ2n) is 10.1. The van der Waals surface area contributed by atoms with E-state index in [2.05, 4.69) is 18.7 Å². The number of fused-ring (bicyclic) bond motifs is 3. The van der Waals surface area contributed by atoms with Crippen molar-refractivity contribution in [1.29, 1.82) is 0 Å². The third-order valence-electron chi connectivity index (χ3n) is 6.88. The number of hydrogen-bond acceptors (Lipinski definition) is 6. The quantitative estimate of drug-likeness (QED) is 0.132. The number of carboxylic acid groups (broad SMARTS) is 2. The third kappa shape index (κ3) is 10.2. The Morgan fingerprint density at radius 2 is 1.37 bits per heavy atom. The number of nitrogens with zero attached hydrogens (tertiary/aromatic N) is 1. The molecule has 3 unspecified atom stereocenters. The summed E-state index contributed by atoms with van der Waals surface area (Å²) in [4.78, 5) is 21.9. The number of halogens is 5. The summed E-state index contributed by atoms with van der Waals surface area (Å²) in [5.74, 6) is -3.54. The van der Waals surface area contributed by atoms with Gasteiger partial charge in [0, 0.05) is 11.6 Å². The van der Waals surface area contributed by atoms with Gasteiger partial charge in [-0.3, -0.25) is 0 Å². The molecule has 0 saturated heterocycles. The topological polar surface area (TPSA) is 139 Å². The van der Waals surface area contributed by atoms with Crippen molar-refractivity contribution in [3.05, 3.63) is 57.6 Å². The molecular formula is C30H36Cl2F3NO7. The average Bonchev–Trinajstić information content (AvgIpc) is 2.94. The van der Waals surface area contributed by atoms with Gasteiger partial charge < -0.3 is 30.4 Å². The normalized spacial score (nSPS) is 13.9. The molecule has 3 rings (SSSR count). The minimum atomic E-state index is -4.58. The van der Waals surface area contributed by atoms with Crippen LogP contribution in [0.25, 0.3) is 21.5 Å². The lowest BCUT2D eigenvalue weighted by Gasteiger charge is -2.24. The van der Waals surface area contributed by atoms with Gasteiger partial charge in [-0.15, -0.1) is 0 Å². The molecule has 5 N–H and O–H groups in total. The standard InChI is InChI=1S/C26H30Cl2F3NO.C4H6O6/c1-3-5-10-32(11-6-4-2)12-9-25(33)22-13-17-7-8-18(27)14-19(17)20-15-23(26(29,30)31)24(28)16-21(20)22;5-1(3(7)8)2(6)4(9)10/h7-8,13-16,25,33H,3-6,9-12H2,1-2H3;1-2,5-6H,(H,7,8)(H,9,10). The summed E-state index contributed by atoms with van der Waals surface area (Å²) in [6, 6.07) is 9.35. The van der Waals surface area contributed by atoms with Crippen LogP contribution in [0.4, 0.5) is 13.2 Å². The number of carbonyl (C=O) groups is 2. The van der Waals surface area contributed by atoms with Crippen molar-refractivity contribution in [3.63, 3.8) is 0 Å². The van der Waals surface area contributed by atoms with Gasteiger partial charge in [0.15, 0.2) is 12.2 Å². The van der Waals surface area contributed by atoms with Crippen molar-refractivity contribution in [2.45, 2.75) is 70.4 Å². The summed E-state index contributed by atoms with van der Waals surface area (Å²) in [5, 5.41) is 45.9. The average molecular weight is 651 g/mol. The molecule has 3 aromatic rings. The highest BCUT2D eigenvalue weighted by Crippen LogP contribution is 2.42. The van der Waals surface area contributed by atoms with Crippen molar-refractivity contribution in [1.82, 2.24) is 4.90 Å². The lowest BCUT2D eigenvalue weighted by molar-refractivity contribution is -0.165. The molecule has 0 aliphatic carbocycles. The van der Waals surface area contributed by atoms with Crippen LogP contribution in [0.1, 0.15) is 63.2 Å². The summed E-state index contributed by atoms with van der Waals surface area (Å²) in [7, 11) is 0. The van der Waals surface area contributed by atoms with Gasteiger partial charge in [-0.25, -0.2) is 9.59 Å². The summed E-state index contributed by atoms with van der Waals surface area (Å²) < 4.78 is 40.7. The predicted molar refractivity (Wildman–Crippen MR) is 160 cm³/mol. The molecule has 0 spiro atoms. The Bertz CT molecular complexity index is 1380. The fraction of sp³-hybridized carbons (Fsp3) is 0.467. The van der Waals surface area contributed by atoms with E-state index in [-0.39, 0.29) is 5.02 Å². The molecule has 0 aliphatic rings. The highest BCUT2D eigenvalue weighted by Gasteiger charge is 2.34. The maximum Gasteiger partial charge on any atom is 0.417 e. The second-order valence-corrected chi connectivity index (χ2v) is 11.0. The Hall–Kier alpha value is -2.67. The molecule has 0 bridgehead atoms. The lowest BCUT2D eigenvalue weighted by atomic mass is 9.92. The number of rotatable bonds is 13. The van der Waals surface area contributed by atoms with Gasteiger partial charge in [-0.05, 0) is 89.8 Å². The molecule has 13 heteroatoms. The first-order valence-electron chi connectivity index (χ1n) is 13.8. The van der Waals surface area contributed by atoms with Gasteiger partial charge in [0.05, 0.1) is 16.7 Å². The van der Waals surface area contributed by atoms with Gasteiger partial charge in [0.25, 0.3) is 0 Å². The van der Waals surface area contributed by atoms with E-state index >= 15 is 0 Å². The highest BCUT2D eigenvalue weighted by molar-refractivity contribution is 6.33. The Morgan fingerprint density at radius 3 is 1.86 bits per heavy atom. The van der Waals surface area contributed by atoms with Crippen molar-refractivity contribution in [3.8, 4) is 0 Å². The zero-order valence-corrected chi connectivity index (χ0v) is 25.3. The predicted octanol–water partition coefficient (Wildman–Crippen LogP) is 6.52. The van der Waals surface area contributed by atoms with Crippen molar-refractivity contribution >= 4 is 56.7 Å². The number of aliphatic hydroxyl groups is 3. The minimum Gasteiger partial charge on any atom is -0.479 e. The smallest absolute Gasteiger partial charge is 0.417 e. The summed E-state index contributed by atoms with van der Waals surface area (Å²) in [6.45, 7) is 6.97. The summed E-state index contributed by atoms with van der Waals surface area (Å²) in [6.07, 6.45) is -5.07. The molecule has 43 heavy (non-hydrogen) atoms. The van der Waals surface area contributed by atoms with Crippen LogP contribution in [0.5, 0.6) is 0 Å². The van der Waals surface area contributed by atoms with E-state index in [1.165, 1.54) is 6.07 Å². The van der Waals surface area contributed by atoms with E-state index in [9.17, 15) is 27.9 Å². The number of benzene rings is 3. The van der Waals surface area contributed by atoms with Crippen LogP contribution in [-0.4, -0.2) is 74.2 Å². The van der Waals surface area contributed by atoms with Gasteiger partial charge in [-0.2, -0.15) is 13.2 Å². The molecule has 3 aromatic carbocycles. The maximum absolute atomic E-state index is 13.6.